The molecule has 3 rings (SSSR count). The molecule has 130 valence electrons. The number of sulfonamides is 1. The van der Waals surface area contributed by atoms with Gasteiger partial charge in [0.05, 0.1) is 17.5 Å². The lowest BCUT2D eigenvalue weighted by molar-refractivity contribution is -0.647. The highest BCUT2D eigenvalue weighted by molar-refractivity contribution is 7.92. The lowest BCUT2D eigenvalue weighted by Crippen LogP contribution is -2.58. The molecular weight excluding hydrogens is 353 g/mol. The molecule has 0 aliphatic carbocycles. The molecule has 0 unspecified atom stereocenters. The number of fused-ring (bicyclic) bond motifs is 1. The Labute approximate surface area is 142 Å². The summed E-state index contributed by atoms with van der Waals surface area (Å²) in [5.41, 5.74) is -0.241. The van der Waals surface area contributed by atoms with Crippen LogP contribution in [0.1, 0.15) is 5.56 Å². The molecule has 0 saturated carbocycles. The molecule has 0 fully saturated rings. The first kappa shape index (κ1) is 17.2. The number of rotatable bonds is 3. The maximum absolute atomic E-state index is 12.8. The van der Waals surface area contributed by atoms with Crippen LogP contribution in [0.25, 0.3) is 10.9 Å². The minimum atomic E-state index is -4.52. The van der Waals surface area contributed by atoms with Gasteiger partial charge in [-0.25, -0.2) is 0 Å². The Morgan fingerprint density at radius 3 is 2.16 bits per heavy atom. The Bertz CT molecular complexity index is 1010. The number of nitrogens with zero attached hydrogens (tertiary/aromatic N) is 2. The van der Waals surface area contributed by atoms with Crippen molar-refractivity contribution < 1.29 is 26.3 Å². The van der Waals surface area contributed by atoms with Crippen molar-refractivity contribution >= 4 is 20.9 Å². The van der Waals surface area contributed by atoms with Gasteiger partial charge in [0.15, 0.2) is 0 Å². The lowest BCUT2D eigenvalue weighted by atomic mass is 10.2. The van der Waals surface area contributed by atoms with Crippen molar-refractivity contribution in [2.24, 2.45) is 0 Å². The first-order chi connectivity index (χ1) is 11.7. The monoisotopic (exact) mass is 367 g/mol. The summed E-state index contributed by atoms with van der Waals surface area (Å²) in [6.07, 6.45) is -2.94. The van der Waals surface area contributed by atoms with Crippen molar-refractivity contribution in [3.8, 4) is 0 Å². The third kappa shape index (κ3) is 3.17. The summed E-state index contributed by atoms with van der Waals surface area (Å²) in [5, 5.41) is 0.833. The van der Waals surface area contributed by atoms with E-state index in [1.807, 2.05) is 18.2 Å². The van der Waals surface area contributed by atoms with Gasteiger partial charge in [0, 0.05) is 17.5 Å². The van der Waals surface area contributed by atoms with Crippen LogP contribution < -0.4 is 9.09 Å². The van der Waals surface area contributed by atoms with Crippen LogP contribution in [0.2, 0.25) is 0 Å². The van der Waals surface area contributed by atoms with Crippen LogP contribution in [0.5, 0.6) is 0 Å². The molecule has 1 heterocycles. The molecule has 0 saturated heterocycles. The number of benzene rings is 2. The molecule has 0 aliphatic heterocycles. The minimum Gasteiger partial charge on any atom is -0.196 e. The number of pyridine rings is 1. The molecule has 0 aliphatic rings. The Morgan fingerprint density at radius 1 is 0.920 bits per heavy atom. The molecule has 0 amide bonds. The average molecular weight is 367 g/mol. The van der Waals surface area contributed by atoms with E-state index in [1.54, 1.807) is 24.4 Å². The summed E-state index contributed by atoms with van der Waals surface area (Å²) in [6.45, 7) is 0. The molecule has 0 spiro atoms. The summed E-state index contributed by atoms with van der Waals surface area (Å²) in [4.78, 5) is -0.219. The Hall–Kier alpha value is -2.61. The fourth-order valence-corrected chi connectivity index (χ4v) is 3.63. The zero-order chi connectivity index (χ0) is 18.2. The van der Waals surface area contributed by atoms with Crippen LogP contribution in [0.3, 0.4) is 0 Å². The Kier molecular flexibility index (Phi) is 4.16. The standard InChI is InChI=1S/C17H14F3N2O2S/c1-21(22-12-4-6-13-5-2-3-7-16(13)22)25(23,24)15-10-8-14(9-11-15)17(18,19)20/h2-12H,1H3/q+1. The van der Waals surface area contributed by atoms with Gasteiger partial charge in [0.25, 0.3) is 0 Å². The molecular formula is C17H14F3N2O2S+. The number of halogens is 3. The second-order valence-corrected chi connectivity index (χ2v) is 7.32. The van der Waals surface area contributed by atoms with Crippen LogP contribution >= 0.6 is 0 Å². The number of alkyl halides is 3. The van der Waals surface area contributed by atoms with Gasteiger partial charge in [0.1, 0.15) is 0 Å². The van der Waals surface area contributed by atoms with E-state index in [-0.39, 0.29) is 4.90 Å². The summed E-state index contributed by atoms with van der Waals surface area (Å²) in [6, 6.07) is 14.2. The number of para-hydroxylation sites is 1. The van der Waals surface area contributed by atoms with Crippen molar-refractivity contribution in [2.75, 3.05) is 11.5 Å². The lowest BCUT2D eigenvalue weighted by Gasteiger charge is -2.15. The fraction of sp³-hybridized carbons (Fsp3) is 0.118. The smallest absolute Gasteiger partial charge is 0.196 e. The van der Waals surface area contributed by atoms with E-state index in [4.69, 9.17) is 0 Å². The molecule has 1 aromatic heterocycles. The molecule has 0 bridgehead atoms. The second kappa shape index (κ2) is 6.03. The largest absolute Gasteiger partial charge is 0.416 e. The molecule has 2 aromatic carbocycles. The van der Waals surface area contributed by atoms with Gasteiger partial charge in [-0.15, -0.1) is 0 Å². The summed E-state index contributed by atoms with van der Waals surface area (Å²) < 4.78 is 65.9. The van der Waals surface area contributed by atoms with E-state index in [9.17, 15) is 21.6 Å². The van der Waals surface area contributed by atoms with Crippen molar-refractivity contribution in [3.63, 3.8) is 0 Å². The van der Waals surface area contributed by atoms with E-state index < -0.39 is 21.8 Å². The number of aromatic nitrogens is 1. The van der Waals surface area contributed by atoms with Gasteiger partial charge >= 0.3 is 16.2 Å². The van der Waals surface area contributed by atoms with Crippen LogP contribution in [0.15, 0.2) is 71.8 Å². The number of hydrogen-bond acceptors (Lipinski definition) is 2. The maximum atomic E-state index is 12.8. The van der Waals surface area contributed by atoms with Gasteiger partial charge in [-0.05, 0) is 36.4 Å². The fourth-order valence-electron chi connectivity index (χ4n) is 2.48. The van der Waals surface area contributed by atoms with E-state index in [0.717, 1.165) is 34.1 Å². The average Bonchev–Trinajstić information content (AvgIpc) is 2.60. The third-order valence-corrected chi connectivity index (χ3v) is 5.56. The van der Waals surface area contributed by atoms with E-state index in [1.165, 1.54) is 11.7 Å². The topological polar surface area (TPSA) is 41.3 Å². The normalized spacial score (nSPS) is 12.3. The van der Waals surface area contributed by atoms with Crippen molar-refractivity contribution in [1.82, 2.24) is 0 Å². The Morgan fingerprint density at radius 2 is 1.52 bits per heavy atom. The van der Waals surface area contributed by atoms with Crippen molar-refractivity contribution in [3.05, 3.63) is 72.4 Å². The predicted molar refractivity (Wildman–Crippen MR) is 86.9 cm³/mol. The third-order valence-electron chi connectivity index (χ3n) is 3.82. The Balaban J connectivity index is 2.04. The van der Waals surface area contributed by atoms with E-state index in [0.29, 0.717) is 5.52 Å². The van der Waals surface area contributed by atoms with Crippen LogP contribution in [-0.4, -0.2) is 15.5 Å². The summed E-state index contributed by atoms with van der Waals surface area (Å²) >= 11 is 0. The highest BCUT2D eigenvalue weighted by Gasteiger charge is 2.32. The van der Waals surface area contributed by atoms with Crippen LogP contribution in [0, 0.1) is 0 Å². The quantitative estimate of drug-likeness (QED) is 0.668. The molecule has 0 N–H and O–H groups in total. The first-order valence-electron chi connectivity index (χ1n) is 7.27. The number of hydrogen-bond donors (Lipinski definition) is 0. The summed E-state index contributed by atoms with van der Waals surface area (Å²) in [5.74, 6) is 0. The molecule has 0 atom stereocenters. The molecule has 0 radical (unpaired) electrons. The minimum absolute atomic E-state index is 0.219. The van der Waals surface area contributed by atoms with Crippen molar-refractivity contribution in [1.29, 1.82) is 0 Å². The molecule has 4 nitrogen and oxygen atoms in total. The van der Waals surface area contributed by atoms with Crippen LogP contribution in [0.4, 0.5) is 13.2 Å². The first-order valence-corrected chi connectivity index (χ1v) is 8.71. The highest BCUT2D eigenvalue weighted by atomic mass is 32.2. The van der Waals surface area contributed by atoms with Gasteiger partial charge in [0.2, 0.25) is 11.7 Å². The van der Waals surface area contributed by atoms with Crippen LogP contribution in [-0.2, 0) is 16.2 Å². The van der Waals surface area contributed by atoms with Gasteiger partial charge in [-0.1, -0.05) is 21.2 Å². The van der Waals surface area contributed by atoms with Gasteiger partial charge in [-0.2, -0.15) is 21.6 Å². The SMILES string of the molecule is CN([n+]1cccc2ccccc21)S(=O)(=O)c1ccc(C(F)(F)F)cc1. The van der Waals surface area contributed by atoms with Gasteiger partial charge < -0.3 is 0 Å². The highest BCUT2D eigenvalue weighted by Crippen LogP contribution is 2.29. The zero-order valence-electron chi connectivity index (χ0n) is 13.1. The maximum Gasteiger partial charge on any atom is 0.416 e. The summed E-state index contributed by atoms with van der Waals surface area (Å²) in [7, 11) is -2.67. The van der Waals surface area contributed by atoms with E-state index >= 15 is 0 Å². The molecule has 3 aromatic rings. The van der Waals surface area contributed by atoms with Crippen molar-refractivity contribution in [2.45, 2.75) is 11.1 Å². The molecule has 25 heavy (non-hydrogen) atoms. The molecule has 8 heteroatoms. The van der Waals surface area contributed by atoms with Gasteiger partial charge in [-0.3, -0.25) is 0 Å². The van der Waals surface area contributed by atoms with E-state index in [2.05, 4.69) is 0 Å². The predicted octanol–water partition coefficient (Wildman–Crippen LogP) is 3.10. The second-order valence-electron chi connectivity index (χ2n) is 5.37. The zero-order valence-corrected chi connectivity index (χ0v) is 13.9.